The van der Waals surface area contributed by atoms with E-state index >= 15 is 0 Å². The van der Waals surface area contributed by atoms with E-state index in [1.54, 1.807) is 14.1 Å². The van der Waals surface area contributed by atoms with Crippen LogP contribution in [0.2, 0.25) is 0 Å². The molecule has 0 spiro atoms. The number of nitrogens with one attached hydrogen (secondary N) is 2. The molecule has 0 saturated heterocycles. The molecule has 0 saturated carbocycles. The van der Waals surface area contributed by atoms with E-state index < -0.39 is 12.0 Å². The number of nitrogens with zero attached hydrogens (tertiary/aromatic N) is 1. The van der Waals surface area contributed by atoms with Crippen molar-refractivity contribution in [3.63, 3.8) is 0 Å². The van der Waals surface area contributed by atoms with Crippen molar-refractivity contribution in [3.8, 4) is 0 Å². The number of likely N-dealkylation sites (N-methyl/N-ethyl adjacent to an activating group) is 2. The molecule has 0 radical (unpaired) electrons. The van der Waals surface area contributed by atoms with Crippen LogP contribution in [-0.2, 0) is 14.3 Å². The van der Waals surface area contributed by atoms with Gasteiger partial charge in [-0.1, -0.05) is 0 Å². The molecule has 0 aliphatic rings. The van der Waals surface area contributed by atoms with Crippen LogP contribution in [0.1, 0.15) is 25.7 Å². The summed E-state index contributed by atoms with van der Waals surface area (Å²) < 4.78 is 4.74. The maximum Gasteiger partial charge on any atom is 0.322 e. The Morgan fingerprint density at radius 3 is 2.04 bits per heavy atom. The Kier molecular flexibility index (Phi) is 12.5. The molecule has 0 heterocycles. The smallest absolute Gasteiger partial charge is 0.322 e. The SMILES string of the molecule is CNC(CCN(CCCCO)CCC(NC)C(=O)OC)C(=O)O. The van der Waals surface area contributed by atoms with E-state index in [2.05, 4.69) is 15.5 Å². The van der Waals surface area contributed by atoms with Crippen molar-refractivity contribution in [2.45, 2.75) is 37.8 Å². The van der Waals surface area contributed by atoms with Crippen LogP contribution >= 0.6 is 0 Å². The number of carbonyl (C=O) groups excluding carboxylic acids is 1. The Balaban J connectivity index is 4.48. The van der Waals surface area contributed by atoms with Gasteiger partial charge in [-0.2, -0.15) is 0 Å². The molecule has 2 unspecified atom stereocenters. The predicted octanol–water partition coefficient (Wildman–Crippen LogP) is -0.725. The van der Waals surface area contributed by atoms with Gasteiger partial charge >= 0.3 is 11.9 Å². The third-order valence-corrected chi connectivity index (χ3v) is 3.83. The van der Waals surface area contributed by atoms with Gasteiger partial charge in [-0.25, -0.2) is 0 Å². The molecule has 0 bridgehead atoms. The summed E-state index contributed by atoms with van der Waals surface area (Å²) in [6.07, 6.45) is 2.60. The van der Waals surface area contributed by atoms with Gasteiger partial charge in [0.15, 0.2) is 0 Å². The van der Waals surface area contributed by atoms with Crippen LogP contribution in [0.15, 0.2) is 0 Å². The fraction of sp³-hybridized carbons (Fsp3) is 0.867. The van der Waals surface area contributed by atoms with Gasteiger partial charge in [0, 0.05) is 19.7 Å². The first-order valence-electron chi connectivity index (χ1n) is 7.98. The molecule has 0 fully saturated rings. The molecule has 0 aliphatic carbocycles. The number of aliphatic hydroxyl groups is 1. The van der Waals surface area contributed by atoms with Crippen LogP contribution < -0.4 is 10.6 Å². The topological polar surface area (TPSA) is 111 Å². The lowest BCUT2D eigenvalue weighted by molar-refractivity contribution is -0.143. The molecule has 0 aliphatic heterocycles. The fourth-order valence-corrected chi connectivity index (χ4v) is 2.32. The monoisotopic (exact) mass is 333 g/mol. The second-order valence-corrected chi connectivity index (χ2v) is 5.39. The van der Waals surface area contributed by atoms with Gasteiger partial charge in [0.2, 0.25) is 0 Å². The minimum absolute atomic E-state index is 0.142. The van der Waals surface area contributed by atoms with E-state index in [-0.39, 0.29) is 18.6 Å². The lowest BCUT2D eigenvalue weighted by Gasteiger charge is -2.25. The zero-order chi connectivity index (χ0) is 17.7. The van der Waals surface area contributed by atoms with Crippen LogP contribution in [0.4, 0.5) is 0 Å². The summed E-state index contributed by atoms with van der Waals surface area (Å²) in [6, 6.07) is -0.962. The van der Waals surface area contributed by atoms with Crippen molar-refractivity contribution in [2.24, 2.45) is 0 Å². The van der Waals surface area contributed by atoms with Gasteiger partial charge in [0.25, 0.3) is 0 Å². The van der Waals surface area contributed by atoms with E-state index in [1.807, 2.05) is 0 Å². The van der Waals surface area contributed by atoms with Crippen LogP contribution in [0, 0.1) is 0 Å². The third kappa shape index (κ3) is 9.50. The molecule has 0 aromatic rings. The third-order valence-electron chi connectivity index (χ3n) is 3.83. The van der Waals surface area contributed by atoms with E-state index in [1.165, 1.54) is 7.11 Å². The molecule has 4 N–H and O–H groups in total. The molecular weight excluding hydrogens is 302 g/mol. The van der Waals surface area contributed by atoms with E-state index in [4.69, 9.17) is 14.9 Å². The molecule has 0 aromatic carbocycles. The average molecular weight is 333 g/mol. The summed E-state index contributed by atoms with van der Waals surface area (Å²) in [7, 11) is 4.69. The van der Waals surface area contributed by atoms with Gasteiger partial charge in [-0.3, -0.25) is 9.59 Å². The molecule has 0 aromatic heterocycles. The standard InChI is InChI=1S/C15H31N3O5/c1-16-12(14(20)21)6-9-18(8-4-5-11-19)10-7-13(17-2)15(22)23-3/h12-13,16-17,19H,4-11H2,1-3H3,(H,20,21). The highest BCUT2D eigenvalue weighted by Crippen LogP contribution is 2.04. The highest BCUT2D eigenvalue weighted by atomic mass is 16.5. The maximum absolute atomic E-state index is 11.6. The van der Waals surface area contributed by atoms with Gasteiger partial charge < -0.3 is 30.5 Å². The Morgan fingerprint density at radius 1 is 1.04 bits per heavy atom. The molecule has 8 heteroatoms. The fourth-order valence-electron chi connectivity index (χ4n) is 2.32. The van der Waals surface area contributed by atoms with Crippen molar-refractivity contribution >= 4 is 11.9 Å². The maximum atomic E-state index is 11.6. The summed E-state index contributed by atoms with van der Waals surface area (Å²) in [5.74, 6) is -1.17. The van der Waals surface area contributed by atoms with E-state index in [9.17, 15) is 9.59 Å². The van der Waals surface area contributed by atoms with E-state index in [0.717, 1.165) is 13.0 Å². The van der Waals surface area contributed by atoms with Crippen LogP contribution in [-0.4, -0.2) is 86.6 Å². The molecule has 23 heavy (non-hydrogen) atoms. The number of rotatable bonds is 14. The van der Waals surface area contributed by atoms with Crippen molar-refractivity contribution in [2.75, 3.05) is 47.4 Å². The van der Waals surface area contributed by atoms with Crippen molar-refractivity contribution in [1.29, 1.82) is 0 Å². The quantitative estimate of drug-likeness (QED) is 0.243. The van der Waals surface area contributed by atoms with Crippen molar-refractivity contribution in [3.05, 3.63) is 0 Å². The molecule has 0 rings (SSSR count). The number of carboxylic acids is 1. The zero-order valence-electron chi connectivity index (χ0n) is 14.4. The van der Waals surface area contributed by atoms with Crippen LogP contribution in [0.3, 0.4) is 0 Å². The summed E-state index contributed by atoms with van der Waals surface area (Å²) >= 11 is 0. The number of carbonyl (C=O) groups is 2. The highest BCUT2D eigenvalue weighted by molar-refractivity contribution is 5.75. The zero-order valence-corrected chi connectivity index (χ0v) is 14.4. The first-order valence-corrected chi connectivity index (χ1v) is 7.98. The number of ether oxygens (including phenoxy) is 1. The number of methoxy groups -OCH3 is 1. The normalized spacial score (nSPS) is 13.8. The number of hydrogen-bond acceptors (Lipinski definition) is 7. The summed E-state index contributed by atoms with van der Waals surface area (Å²) in [5, 5.41) is 23.7. The second-order valence-electron chi connectivity index (χ2n) is 5.39. The molecule has 8 nitrogen and oxygen atoms in total. The van der Waals surface area contributed by atoms with Gasteiger partial charge in [-0.05, 0) is 46.3 Å². The lowest BCUT2D eigenvalue weighted by Crippen LogP contribution is -2.41. The lowest BCUT2D eigenvalue weighted by atomic mass is 10.1. The first-order chi connectivity index (χ1) is 11.0. The number of aliphatic carboxylic acids is 1. The minimum atomic E-state index is -0.870. The number of aliphatic hydroxyl groups excluding tert-OH is 1. The van der Waals surface area contributed by atoms with Crippen LogP contribution in [0.5, 0.6) is 0 Å². The van der Waals surface area contributed by atoms with Crippen molar-refractivity contribution < 1.29 is 24.5 Å². The predicted molar refractivity (Wildman–Crippen MR) is 87.3 cm³/mol. The van der Waals surface area contributed by atoms with E-state index in [0.29, 0.717) is 32.4 Å². The molecular formula is C15H31N3O5. The summed E-state index contributed by atoms with van der Waals surface area (Å²) in [4.78, 5) is 24.8. The number of esters is 1. The second kappa shape index (κ2) is 13.2. The van der Waals surface area contributed by atoms with Crippen LogP contribution in [0.25, 0.3) is 0 Å². The number of carboxylic acid groups (broad SMARTS) is 1. The van der Waals surface area contributed by atoms with Gasteiger partial charge in [0.05, 0.1) is 7.11 Å². The van der Waals surface area contributed by atoms with Gasteiger partial charge in [-0.15, -0.1) is 0 Å². The molecule has 2 atom stereocenters. The molecule has 0 amide bonds. The van der Waals surface area contributed by atoms with Crippen molar-refractivity contribution in [1.82, 2.24) is 15.5 Å². The summed E-state index contributed by atoms with van der Waals surface area (Å²) in [6.45, 7) is 2.17. The Labute approximate surface area is 138 Å². The summed E-state index contributed by atoms with van der Waals surface area (Å²) in [5.41, 5.74) is 0. The Bertz CT molecular complexity index is 341. The van der Waals surface area contributed by atoms with Gasteiger partial charge in [0.1, 0.15) is 12.1 Å². The highest BCUT2D eigenvalue weighted by Gasteiger charge is 2.20. The largest absolute Gasteiger partial charge is 0.480 e. The minimum Gasteiger partial charge on any atom is -0.480 e. The Hall–Kier alpha value is -1.22. The first kappa shape index (κ1) is 21.8. The number of hydrogen-bond donors (Lipinski definition) is 4. The number of unbranched alkanes of at least 4 members (excludes halogenated alkanes) is 1. The Morgan fingerprint density at radius 2 is 1.61 bits per heavy atom. The molecule has 136 valence electrons. The average Bonchev–Trinajstić information content (AvgIpc) is 2.54.